The first-order valence-electron chi connectivity index (χ1n) is 6.24. The van der Waals surface area contributed by atoms with Gasteiger partial charge < -0.3 is 0 Å². The molecule has 0 atom stereocenters. The van der Waals surface area contributed by atoms with E-state index in [0.29, 0.717) is 24.2 Å². The molecule has 0 amide bonds. The van der Waals surface area contributed by atoms with Crippen LogP contribution >= 0.6 is 0 Å². The molecule has 0 bridgehead atoms. The van der Waals surface area contributed by atoms with E-state index >= 15 is 0 Å². The molecule has 4 rings (SSSR count). The van der Waals surface area contributed by atoms with Crippen LogP contribution in [-0.4, -0.2) is 26.4 Å². The first-order valence-corrected chi connectivity index (χ1v) is 6.24. The van der Waals surface area contributed by atoms with Crippen LogP contribution in [0.25, 0.3) is 5.57 Å². The zero-order chi connectivity index (χ0) is 12.8. The number of hydrogen-bond acceptors (Lipinski definition) is 7. The van der Waals surface area contributed by atoms with Crippen molar-refractivity contribution < 1.29 is 14.1 Å². The van der Waals surface area contributed by atoms with Crippen LogP contribution in [0.5, 0.6) is 0 Å². The Morgan fingerprint density at radius 1 is 0.737 bits per heavy atom. The van der Waals surface area contributed by atoms with Crippen molar-refractivity contribution in [3.63, 3.8) is 0 Å². The Balaban J connectivity index is 1.86. The Bertz CT molecular complexity index is 697. The van der Waals surface area contributed by atoms with E-state index in [1.807, 2.05) is 0 Å². The molecule has 0 saturated heterocycles. The number of hydrogen-bond donors (Lipinski definition) is 0. The Kier molecular flexibility index (Phi) is 2.14. The molecule has 0 aliphatic heterocycles. The van der Waals surface area contributed by atoms with Crippen LogP contribution < -0.4 is 0 Å². The van der Waals surface area contributed by atoms with Gasteiger partial charge in [-0.25, -0.2) is 9.26 Å². The Morgan fingerprint density at radius 2 is 1.47 bits per heavy atom. The van der Waals surface area contributed by atoms with Gasteiger partial charge in [0.15, 0.2) is 5.69 Å². The molecule has 0 aromatic carbocycles. The monoisotopic (exact) mass is 258 g/mol. The van der Waals surface area contributed by atoms with E-state index in [2.05, 4.69) is 25.3 Å². The van der Waals surface area contributed by atoms with Gasteiger partial charge in [0.05, 0.1) is 0 Å². The van der Waals surface area contributed by atoms with E-state index in [1.54, 1.807) is 0 Å². The number of fused-ring (bicyclic) bond motifs is 2. The molecule has 96 valence electrons. The molecule has 7 nitrogen and oxygen atoms in total. The van der Waals surface area contributed by atoms with Crippen molar-refractivity contribution >= 4 is 11.4 Å². The second-order valence-corrected chi connectivity index (χ2v) is 4.76. The predicted molar refractivity (Wildman–Crippen MR) is 61.1 cm³/mol. The summed E-state index contributed by atoms with van der Waals surface area (Å²) >= 11 is 0. The zero-order valence-electron chi connectivity index (χ0n) is 10.0. The number of aromatic nitrogens is 4. The average Bonchev–Trinajstić information content (AvgIpc) is 3.07. The molecule has 19 heavy (non-hydrogen) atoms. The summed E-state index contributed by atoms with van der Waals surface area (Å²) in [6, 6.07) is 0. The predicted octanol–water partition coefficient (Wildman–Crippen LogP) is 1.37. The normalized spacial score (nSPS) is 22.2. The van der Waals surface area contributed by atoms with Gasteiger partial charge in [-0.2, -0.15) is 0 Å². The van der Waals surface area contributed by atoms with Crippen LogP contribution in [0.4, 0.5) is 0 Å². The summed E-state index contributed by atoms with van der Waals surface area (Å²) in [4.78, 5) is 12.4. The molecule has 2 aromatic heterocycles. The summed E-state index contributed by atoms with van der Waals surface area (Å²) in [6.45, 7) is 0. The summed E-state index contributed by atoms with van der Waals surface area (Å²) in [5.41, 5.74) is 4.24. The van der Waals surface area contributed by atoms with Crippen LogP contribution in [-0.2, 0) is 12.8 Å². The number of aryl methyl sites for hydroxylation is 2. The summed E-state index contributed by atoms with van der Waals surface area (Å²) in [7, 11) is 0. The molecular formula is C12H10N4O3. The van der Waals surface area contributed by atoms with Crippen LogP contribution in [0.1, 0.15) is 46.8 Å². The van der Waals surface area contributed by atoms with Gasteiger partial charge in [0.2, 0.25) is 5.78 Å². The van der Waals surface area contributed by atoms with Crippen molar-refractivity contribution in [1.29, 1.82) is 0 Å². The summed E-state index contributed by atoms with van der Waals surface area (Å²) in [5.74, 6) is -0.103. The topological polar surface area (TPSA) is 94.9 Å². The summed E-state index contributed by atoms with van der Waals surface area (Å²) in [5, 5.41) is 15.3. The van der Waals surface area contributed by atoms with E-state index < -0.39 is 0 Å². The molecule has 2 aromatic rings. The Hall–Kier alpha value is -2.31. The quantitative estimate of drug-likeness (QED) is 0.658. The summed E-state index contributed by atoms with van der Waals surface area (Å²) < 4.78 is 9.42. The van der Waals surface area contributed by atoms with Gasteiger partial charge in [-0.05, 0) is 48.0 Å². The third-order valence-corrected chi connectivity index (χ3v) is 3.70. The highest BCUT2D eigenvalue weighted by Crippen LogP contribution is 2.35. The lowest BCUT2D eigenvalue weighted by atomic mass is 9.84. The molecule has 0 spiro atoms. The van der Waals surface area contributed by atoms with E-state index in [1.165, 1.54) is 0 Å². The molecule has 2 aliphatic carbocycles. The first kappa shape index (κ1) is 10.6. The van der Waals surface area contributed by atoms with Crippen molar-refractivity contribution in [2.24, 2.45) is 0 Å². The number of Topliss-reactive ketones (excluding diaryl/α,β-unsaturated/α-hetero) is 1. The smallest absolute Gasteiger partial charge is 0.213 e. The number of allylic oxidation sites excluding steroid dienone is 2. The third kappa shape index (κ3) is 1.47. The fourth-order valence-electron chi connectivity index (χ4n) is 2.78. The molecule has 0 saturated carbocycles. The fourth-order valence-corrected chi connectivity index (χ4v) is 2.78. The first-order chi connectivity index (χ1) is 9.34. The second kappa shape index (κ2) is 3.84. The highest BCUT2D eigenvalue weighted by atomic mass is 16.6. The van der Waals surface area contributed by atoms with Crippen molar-refractivity contribution in [1.82, 2.24) is 20.6 Å². The molecular weight excluding hydrogens is 248 g/mol. The zero-order valence-corrected chi connectivity index (χ0v) is 10.0. The highest BCUT2D eigenvalue weighted by molar-refractivity contribution is 6.13. The maximum atomic E-state index is 12.4. The molecule has 0 radical (unpaired) electrons. The van der Waals surface area contributed by atoms with Crippen LogP contribution in [0.3, 0.4) is 0 Å². The van der Waals surface area contributed by atoms with Crippen LogP contribution in [0.15, 0.2) is 14.8 Å². The molecule has 0 unspecified atom stereocenters. The van der Waals surface area contributed by atoms with Gasteiger partial charge in [0, 0.05) is 5.57 Å². The van der Waals surface area contributed by atoms with E-state index in [-0.39, 0.29) is 5.78 Å². The van der Waals surface area contributed by atoms with E-state index in [0.717, 1.165) is 41.8 Å². The number of carbonyl (C=O) groups excluding carboxylic acids is 1. The minimum absolute atomic E-state index is 0.103. The lowest BCUT2D eigenvalue weighted by molar-refractivity contribution is 0.101. The summed E-state index contributed by atoms with van der Waals surface area (Å²) in [6.07, 6.45) is 3.94. The fraction of sp³-hybridized carbons (Fsp3) is 0.417. The van der Waals surface area contributed by atoms with Crippen LogP contribution in [0.2, 0.25) is 0 Å². The van der Waals surface area contributed by atoms with Crippen molar-refractivity contribution in [3.8, 4) is 0 Å². The minimum Gasteiger partial charge on any atom is -0.287 e. The van der Waals surface area contributed by atoms with Gasteiger partial charge >= 0.3 is 0 Å². The van der Waals surface area contributed by atoms with Crippen molar-refractivity contribution in [2.75, 3.05) is 0 Å². The number of carbonyl (C=O) groups is 1. The molecule has 2 heterocycles. The Morgan fingerprint density at radius 3 is 2.32 bits per heavy atom. The minimum atomic E-state index is -0.103. The Labute approximate surface area is 107 Å². The van der Waals surface area contributed by atoms with Gasteiger partial charge in [-0.15, -0.1) is 0 Å². The lowest BCUT2D eigenvalue weighted by Crippen LogP contribution is -2.17. The van der Waals surface area contributed by atoms with E-state index in [9.17, 15) is 4.79 Å². The molecule has 0 fully saturated rings. The number of nitrogens with zero attached hydrogens (tertiary/aromatic N) is 4. The third-order valence-electron chi connectivity index (χ3n) is 3.70. The molecule has 2 aliphatic rings. The average molecular weight is 258 g/mol. The van der Waals surface area contributed by atoms with Crippen molar-refractivity contribution in [3.05, 3.63) is 28.3 Å². The number of ketones is 1. The number of rotatable bonds is 0. The molecule has 7 heteroatoms. The maximum Gasteiger partial charge on any atom is 0.213 e. The van der Waals surface area contributed by atoms with Gasteiger partial charge in [-0.3, -0.25) is 4.79 Å². The highest BCUT2D eigenvalue weighted by Gasteiger charge is 2.32. The van der Waals surface area contributed by atoms with Gasteiger partial charge in [0.1, 0.15) is 17.1 Å². The van der Waals surface area contributed by atoms with Crippen LogP contribution in [0, 0.1) is 0 Å². The van der Waals surface area contributed by atoms with Crippen molar-refractivity contribution in [2.45, 2.75) is 32.1 Å². The maximum absolute atomic E-state index is 12.4. The SMILES string of the molecule is O=C1C(=C2CCCc3nonc32)CCc2nonc21. The largest absolute Gasteiger partial charge is 0.287 e. The van der Waals surface area contributed by atoms with E-state index in [4.69, 9.17) is 4.63 Å². The molecule has 0 N–H and O–H groups in total. The standard InChI is InChI=1S/C12H10N4O3/c17-12-7(4-5-9-11(12)16-19-14-9)6-2-1-3-8-10(6)15-18-13-8/h1-5H2. The van der Waals surface area contributed by atoms with Gasteiger partial charge in [0.25, 0.3) is 0 Å². The van der Waals surface area contributed by atoms with Gasteiger partial charge in [-0.1, -0.05) is 10.3 Å². The lowest BCUT2D eigenvalue weighted by Gasteiger charge is -2.18. The second-order valence-electron chi connectivity index (χ2n) is 4.76.